The lowest BCUT2D eigenvalue weighted by molar-refractivity contribution is -0.0732. The van der Waals surface area contributed by atoms with Crippen LogP contribution in [0.5, 0.6) is 5.75 Å². The minimum atomic E-state index is -4.32. The molecule has 2 aliphatic rings. The topological polar surface area (TPSA) is 86.7 Å². The third-order valence-corrected chi connectivity index (χ3v) is 11.3. The number of benzene rings is 2. The van der Waals surface area contributed by atoms with Crippen LogP contribution < -0.4 is 4.74 Å². The normalized spacial score (nSPS) is 24.7. The molecule has 0 spiro atoms. The summed E-state index contributed by atoms with van der Waals surface area (Å²) in [5, 5.41) is 0.323. The summed E-state index contributed by atoms with van der Waals surface area (Å²) in [7, 11) is -7.70. The van der Waals surface area contributed by atoms with Crippen LogP contribution in [0.15, 0.2) is 41.3 Å². The van der Waals surface area contributed by atoms with Crippen molar-refractivity contribution in [1.29, 1.82) is 0 Å². The lowest BCUT2D eigenvalue weighted by Crippen LogP contribution is -2.57. The van der Waals surface area contributed by atoms with Crippen LogP contribution in [0.4, 0.5) is 8.78 Å². The number of fused-ring (bicyclic) bond motifs is 3. The summed E-state index contributed by atoms with van der Waals surface area (Å²) in [6, 6.07) is 7.26. The third kappa shape index (κ3) is 4.23. The van der Waals surface area contributed by atoms with E-state index in [1.54, 1.807) is 6.92 Å². The predicted molar refractivity (Wildman–Crippen MR) is 124 cm³/mol. The van der Waals surface area contributed by atoms with E-state index in [4.69, 9.17) is 21.1 Å². The number of hydrogen-bond acceptors (Lipinski definition) is 6. The Labute approximate surface area is 203 Å². The number of halogens is 3. The quantitative estimate of drug-likeness (QED) is 0.526. The van der Waals surface area contributed by atoms with Gasteiger partial charge in [-0.1, -0.05) is 18.5 Å². The van der Waals surface area contributed by atoms with Crippen molar-refractivity contribution in [3.63, 3.8) is 0 Å². The maximum atomic E-state index is 15.3. The number of rotatable bonds is 7. The SMILES string of the molecule is CCCS(=O)(=O)CC[C@@H]1OCC[C@@]2(S(=O)(=O)c3ccc(Cl)cc3)c3c(F)ccc(F)c3OC[C@@H]12. The van der Waals surface area contributed by atoms with Crippen molar-refractivity contribution in [2.45, 2.75) is 41.9 Å². The average Bonchev–Trinajstić information content (AvgIpc) is 2.79. The Balaban J connectivity index is 1.88. The summed E-state index contributed by atoms with van der Waals surface area (Å²) in [5.41, 5.74) is -0.372. The summed E-state index contributed by atoms with van der Waals surface area (Å²) in [4.78, 5) is -0.0994. The van der Waals surface area contributed by atoms with Gasteiger partial charge in [0.05, 0.1) is 28.9 Å². The lowest BCUT2D eigenvalue weighted by Gasteiger charge is -2.50. The Hall–Kier alpha value is -1.75. The van der Waals surface area contributed by atoms with E-state index >= 15 is 4.39 Å². The molecule has 0 bridgehead atoms. The van der Waals surface area contributed by atoms with Gasteiger partial charge in [0, 0.05) is 23.3 Å². The van der Waals surface area contributed by atoms with Crippen LogP contribution in [0, 0.1) is 17.6 Å². The molecule has 186 valence electrons. The van der Waals surface area contributed by atoms with Gasteiger partial charge in [-0.3, -0.25) is 0 Å². The fourth-order valence-corrected chi connectivity index (χ4v) is 8.93. The highest BCUT2D eigenvalue weighted by atomic mass is 35.5. The van der Waals surface area contributed by atoms with Crippen molar-refractivity contribution in [3.8, 4) is 5.75 Å². The van der Waals surface area contributed by atoms with E-state index in [9.17, 15) is 21.2 Å². The molecule has 4 rings (SSSR count). The van der Waals surface area contributed by atoms with E-state index in [0.717, 1.165) is 12.1 Å². The van der Waals surface area contributed by atoms with Crippen LogP contribution in [-0.4, -0.2) is 47.7 Å². The van der Waals surface area contributed by atoms with Gasteiger partial charge in [-0.2, -0.15) is 0 Å². The number of ether oxygens (including phenoxy) is 2. The van der Waals surface area contributed by atoms with Crippen LogP contribution in [0.2, 0.25) is 5.02 Å². The Kier molecular flexibility index (Phi) is 6.98. The Bertz CT molecular complexity index is 1280. The van der Waals surface area contributed by atoms with Crippen molar-refractivity contribution in [2.24, 2.45) is 5.92 Å². The molecule has 11 heteroatoms. The highest BCUT2D eigenvalue weighted by Crippen LogP contribution is 2.55. The first-order valence-corrected chi connectivity index (χ1v) is 14.7. The molecule has 0 amide bonds. The average molecular weight is 535 g/mol. The Morgan fingerprint density at radius 3 is 2.38 bits per heavy atom. The monoisotopic (exact) mass is 534 g/mol. The lowest BCUT2D eigenvalue weighted by atomic mass is 9.75. The molecule has 0 N–H and O–H groups in total. The maximum Gasteiger partial charge on any atom is 0.189 e. The molecule has 3 atom stereocenters. The second-order valence-corrected chi connectivity index (χ2v) is 13.5. The van der Waals surface area contributed by atoms with Crippen LogP contribution in [-0.2, 0) is 29.2 Å². The number of hydrogen-bond donors (Lipinski definition) is 0. The van der Waals surface area contributed by atoms with Crippen molar-refractivity contribution in [3.05, 3.63) is 58.6 Å². The smallest absolute Gasteiger partial charge is 0.189 e. The van der Waals surface area contributed by atoms with E-state index < -0.39 is 53.8 Å². The van der Waals surface area contributed by atoms with E-state index in [2.05, 4.69) is 0 Å². The van der Waals surface area contributed by atoms with Gasteiger partial charge >= 0.3 is 0 Å². The molecular weight excluding hydrogens is 510 g/mol. The fourth-order valence-electron chi connectivity index (χ4n) is 5.04. The van der Waals surface area contributed by atoms with Crippen LogP contribution in [0.25, 0.3) is 0 Å². The standard InChI is InChI=1S/C23H25ClF2O6S2/c1-2-12-33(27,28)13-9-20-17-14-32-22-19(26)8-7-18(25)21(22)23(17,10-11-31-20)34(29,30)16-5-3-15(24)4-6-16/h3-8,17,20H,2,9-14H2,1H3/t17-,20-,23-/m0/s1. The first kappa shape index (κ1) is 25.3. The molecule has 6 nitrogen and oxygen atoms in total. The molecule has 2 aromatic carbocycles. The molecule has 34 heavy (non-hydrogen) atoms. The van der Waals surface area contributed by atoms with Gasteiger partial charge < -0.3 is 9.47 Å². The van der Waals surface area contributed by atoms with Crippen molar-refractivity contribution in [2.75, 3.05) is 24.7 Å². The molecule has 0 aliphatic carbocycles. The van der Waals surface area contributed by atoms with Gasteiger partial charge in [0.15, 0.2) is 21.4 Å². The highest BCUT2D eigenvalue weighted by Gasteiger charge is 2.61. The van der Waals surface area contributed by atoms with Gasteiger partial charge in [0.2, 0.25) is 0 Å². The first-order valence-electron chi connectivity index (χ1n) is 11.0. The summed E-state index contributed by atoms with van der Waals surface area (Å²) >= 11 is 5.94. The third-order valence-electron chi connectivity index (χ3n) is 6.57. The second kappa shape index (κ2) is 9.37. The summed E-state index contributed by atoms with van der Waals surface area (Å²) in [6.07, 6.45) is -0.524. The summed E-state index contributed by atoms with van der Waals surface area (Å²) in [5.74, 6) is -3.38. The summed E-state index contributed by atoms with van der Waals surface area (Å²) < 4.78 is 92.5. The molecule has 1 fully saturated rings. The minimum Gasteiger partial charge on any atom is -0.490 e. The van der Waals surface area contributed by atoms with E-state index in [-0.39, 0.29) is 48.0 Å². The molecule has 0 unspecified atom stereocenters. The highest BCUT2D eigenvalue weighted by molar-refractivity contribution is 7.92. The van der Waals surface area contributed by atoms with Gasteiger partial charge in [0.25, 0.3) is 0 Å². The minimum absolute atomic E-state index is 0.00221. The zero-order chi connectivity index (χ0) is 24.7. The number of sulfone groups is 2. The van der Waals surface area contributed by atoms with Crippen molar-refractivity contribution >= 4 is 31.3 Å². The zero-order valence-corrected chi connectivity index (χ0v) is 20.9. The van der Waals surface area contributed by atoms with Crippen molar-refractivity contribution in [1.82, 2.24) is 0 Å². The molecule has 2 aliphatic heterocycles. The molecule has 0 radical (unpaired) electrons. The fraction of sp³-hybridized carbons (Fsp3) is 0.478. The maximum absolute atomic E-state index is 15.3. The molecule has 1 saturated heterocycles. The molecule has 0 saturated carbocycles. The van der Waals surface area contributed by atoms with Crippen LogP contribution in [0.1, 0.15) is 31.7 Å². The van der Waals surface area contributed by atoms with Gasteiger partial charge in [-0.15, -0.1) is 0 Å². The largest absolute Gasteiger partial charge is 0.490 e. The van der Waals surface area contributed by atoms with E-state index in [1.165, 1.54) is 24.3 Å². The Morgan fingerprint density at radius 2 is 1.71 bits per heavy atom. The zero-order valence-electron chi connectivity index (χ0n) is 18.5. The molecule has 2 heterocycles. The van der Waals surface area contributed by atoms with Gasteiger partial charge in [-0.05, 0) is 55.7 Å². The molecule has 0 aromatic heterocycles. The second-order valence-electron chi connectivity index (χ2n) is 8.60. The van der Waals surface area contributed by atoms with Crippen molar-refractivity contribution < 1.29 is 35.1 Å². The van der Waals surface area contributed by atoms with Crippen LogP contribution >= 0.6 is 11.6 Å². The van der Waals surface area contributed by atoms with Gasteiger partial charge in [0.1, 0.15) is 20.4 Å². The molecule has 2 aromatic rings. The molecular formula is C23H25ClF2O6S2. The predicted octanol–water partition coefficient (Wildman–Crippen LogP) is 4.30. The first-order chi connectivity index (χ1) is 16.0. The Morgan fingerprint density at radius 1 is 1.03 bits per heavy atom. The summed E-state index contributed by atoms with van der Waals surface area (Å²) in [6.45, 7) is 1.41. The van der Waals surface area contributed by atoms with E-state index in [1.807, 2.05) is 0 Å². The van der Waals surface area contributed by atoms with E-state index in [0.29, 0.717) is 11.4 Å². The van der Waals surface area contributed by atoms with Gasteiger partial charge in [-0.25, -0.2) is 25.6 Å². The van der Waals surface area contributed by atoms with Crippen LogP contribution in [0.3, 0.4) is 0 Å².